The molecular formula is C17H23ClN4O. The van der Waals surface area contributed by atoms with Gasteiger partial charge in [-0.2, -0.15) is 5.10 Å². The van der Waals surface area contributed by atoms with Crippen LogP contribution in [0.2, 0.25) is 0 Å². The van der Waals surface area contributed by atoms with Crippen LogP contribution < -0.4 is 10.6 Å². The fourth-order valence-electron chi connectivity index (χ4n) is 2.86. The van der Waals surface area contributed by atoms with Gasteiger partial charge in [0, 0.05) is 18.4 Å². The maximum Gasteiger partial charge on any atom is 0.276 e. The Morgan fingerprint density at radius 1 is 1.35 bits per heavy atom. The summed E-state index contributed by atoms with van der Waals surface area (Å²) in [7, 11) is 0. The minimum Gasteiger partial charge on any atom is -0.320 e. The van der Waals surface area contributed by atoms with Gasteiger partial charge < -0.3 is 10.6 Å². The molecular weight excluding hydrogens is 312 g/mol. The number of amides is 1. The van der Waals surface area contributed by atoms with Crippen LogP contribution >= 0.6 is 12.4 Å². The number of aryl methyl sites for hydroxylation is 2. The highest BCUT2D eigenvalue weighted by Gasteiger charge is 2.18. The zero-order chi connectivity index (χ0) is 15.5. The van der Waals surface area contributed by atoms with Crippen molar-refractivity contribution in [3.05, 3.63) is 47.3 Å². The topological polar surface area (TPSA) is 59.0 Å². The summed E-state index contributed by atoms with van der Waals surface area (Å²) in [5.41, 5.74) is 3.55. The second-order valence-corrected chi connectivity index (χ2v) is 5.95. The second-order valence-electron chi connectivity index (χ2n) is 5.95. The average molecular weight is 335 g/mol. The molecule has 2 heterocycles. The largest absolute Gasteiger partial charge is 0.320 e. The van der Waals surface area contributed by atoms with Crippen molar-refractivity contribution in [1.29, 1.82) is 0 Å². The van der Waals surface area contributed by atoms with Gasteiger partial charge in [0.2, 0.25) is 0 Å². The number of halogens is 1. The minimum absolute atomic E-state index is 0. The SMILES string of the molecule is Cc1ccc(NC(=O)c2ccn(C3CCCNC3)n2)c(C)c1.Cl. The zero-order valence-corrected chi connectivity index (χ0v) is 14.3. The van der Waals surface area contributed by atoms with Gasteiger partial charge in [0.15, 0.2) is 5.69 Å². The number of aromatic nitrogens is 2. The normalized spacial score (nSPS) is 17.4. The van der Waals surface area contributed by atoms with Crippen molar-refractivity contribution in [1.82, 2.24) is 15.1 Å². The van der Waals surface area contributed by atoms with E-state index in [1.165, 1.54) is 5.56 Å². The van der Waals surface area contributed by atoms with Crippen LogP contribution in [0.3, 0.4) is 0 Å². The van der Waals surface area contributed by atoms with Crippen molar-refractivity contribution < 1.29 is 4.79 Å². The lowest BCUT2D eigenvalue weighted by Gasteiger charge is -2.22. The van der Waals surface area contributed by atoms with Crippen LogP contribution in [0.25, 0.3) is 0 Å². The Morgan fingerprint density at radius 2 is 2.17 bits per heavy atom. The third-order valence-electron chi connectivity index (χ3n) is 4.12. The van der Waals surface area contributed by atoms with Gasteiger partial charge >= 0.3 is 0 Å². The molecule has 124 valence electrons. The molecule has 1 fully saturated rings. The van der Waals surface area contributed by atoms with E-state index in [1.807, 2.05) is 36.9 Å². The first-order valence-electron chi connectivity index (χ1n) is 7.78. The van der Waals surface area contributed by atoms with Gasteiger partial charge in [-0.05, 0) is 50.9 Å². The summed E-state index contributed by atoms with van der Waals surface area (Å²) in [5, 5.41) is 10.7. The molecule has 1 saturated heterocycles. The highest BCUT2D eigenvalue weighted by Crippen LogP contribution is 2.18. The van der Waals surface area contributed by atoms with Crippen molar-refractivity contribution in [3.8, 4) is 0 Å². The maximum atomic E-state index is 12.3. The monoisotopic (exact) mass is 334 g/mol. The molecule has 1 aliphatic heterocycles. The van der Waals surface area contributed by atoms with Crippen molar-refractivity contribution >= 4 is 24.0 Å². The zero-order valence-electron chi connectivity index (χ0n) is 13.5. The molecule has 0 saturated carbocycles. The van der Waals surface area contributed by atoms with Crippen molar-refractivity contribution in [3.63, 3.8) is 0 Å². The number of nitrogens with one attached hydrogen (secondary N) is 2. The molecule has 23 heavy (non-hydrogen) atoms. The number of carbonyl (C=O) groups is 1. The van der Waals surface area contributed by atoms with Crippen LogP contribution in [-0.4, -0.2) is 28.8 Å². The number of carbonyl (C=O) groups excluding carboxylic acids is 1. The van der Waals surface area contributed by atoms with Crippen LogP contribution in [0.5, 0.6) is 0 Å². The predicted molar refractivity (Wildman–Crippen MR) is 94.5 cm³/mol. The number of hydrogen-bond acceptors (Lipinski definition) is 3. The van der Waals surface area contributed by atoms with E-state index in [4.69, 9.17) is 0 Å². The van der Waals surface area contributed by atoms with Gasteiger partial charge in [-0.3, -0.25) is 9.48 Å². The molecule has 1 aromatic heterocycles. The summed E-state index contributed by atoms with van der Waals surface area (Å²) in [6.07, 6.45) is 4.15. The van der Waals surface area contributed by atoms with Crippen LogP contribution in [0, 0.1) is 13.8 Å². The molecule has 1 aromatic carbocycles. The summed E-state index contributed by atoms with van der Waals surface area (Å²) in [4.78, 5) is 12.3. The number of hydrogen-bond donors (Lipinski definition) is 2. The molecule has 2 N–H and O–H groups in total. The lowest BCUT2D eigenvalue weighted by atomic mass is 10.1. The molecule has 2 aromatic rings. The van der Waals surface area contributed by atoms with E-state index < -0.39 is 0 Å². The molecule has 0 spiro atoms. The van der Waals surface area contributed by atoms with Crippen molar-refractivity contribution in [2.75, 3.05) is 18.4 Å². The van der Waals surface area contributed by atoms with Crippen LogP contribution in [0.1, 0.15) is 40.5 Å². The lowest BCUT2D eigenvalue weighted by Crippen LogP contribution is -2.32. The Morgan fingerprint density at radius 3 is 2.87 bits per heavy atom. The maximum absolute atomic E-state index is 12.3. The first kappa shape index (κ1) is 17.5. The molecule has 0 bridgehead atoms. The van der Waals surface area contributed by atoms with Crippen molar-refractivity contribution in [2.45, 2.75) is 32.7 Å². The molecule has 3 rings (SSSR count). The summed E-state index contributed by atoms with van der Waals surface area (Å²) in [6.45, 7) is 6.02. The molecule has 6 heteroatoms. The quantitative estimate of drug-likeness (QED) is 0.906. The standard InChI is InChI=1S/C17H22N4O.ClH/c1-12-5-6-15(13(2)10-12)19-17(22)16-7-9-21(20-16)14-4-3-8-18-11-14;/h5-7,9-10,14,18H,3-4,8,11H2,1-2H3,(H,19,22);1H. The summed E-state index contributed by atoms with van der Waals surface area (Å²) >= 11 is 0. The smallest absolute Gasteiger partial charge is 0.276 e. The number of nitrogens with zero attached hydrogens (tertiary/aromatic N) is 2. The molecule has 1 amide bonds. The van der Waals surface area contributed by atoms with E-state index in [0.717, 1.165) is 37.2 Å². The molecule has 0 radical (unpaired) electrons. The van der Waals surface area contributed by atoms with Crippen LogP contribution in [0.15, 0.2) is 30.5 Å². The Kier molecular flexibility index (Phi) is 5.80. The fourth-order valence-corrected chi connectivity index (χ4v) is 2.86. The first-order valence-corrected chi connectivity index (χ1v) is 7.78. The van der Waals surface area contributed by atoms with Gasteiger partial charge in [0.05, 0.1) is 6.04 Å². The molecule has 0 aliphatic carbocycles. The number of anilines is 1. The second kappa shape index (κ2) is 7.62. The van der Waals surface area contributed by atoms with Crippen LogP contribution in [-0.2, 0) is 0 Å². The predicted octanol–water partition coefficient (Wildman–Crippen LogP) is 3.10. The Bertz CT molecular complexity index is 677. The lowest BCUT2D eigenvalue weighted by molar-refractivity contribution is 0.102. The average Bonchev–Trinajstić information content (AvgIpc) is 3.01. The van der Waals surface area contributed by atoms with E-state index in [9.17, 15) is 4.79 Å². The number of rotatable bonds is 3. The van der Waals surface area contributed by atoms with E-state index >= 15 is 0 Å². The van der Waals surface area contributed by atoms with E-state index in [2.05, 4.69) is 21.8 Å². The molecule has 5 nitrogen and oxygen atoms in total. The van der Waals surface area contributed by atoms with Gasteiger partial charge in [-0.15, -0.1) is 12.4 Å². The number of benzene rings is 1. The molecule has 1 unspecified atom stereocenters. The first-order chi connectivity index (χ1) is 10.6. The van der Waals surface area contributed by atoms with Gasteiger partial charge in [-0.25, -0.2) is 0 Å². The van der Waals surface area contributed by atoms with Gasteiger partial charge in [0.25, 0.3) is 5.91 Å². The summed E-state index contributed by atoms with van der Waals surface area (Å²) < 4.78 is 1.91. The third kappa shape index (κ3) is 4.12. The Hall–Kier alpha value is -1.85. The Labute approximate surface area is 142 Å². The van der Waals surface area contributed by atoms with Crippen molar-refractivity contribution in [2.24, 2.45) is 0 Å². The third-order valence-corrected chi connectivity index (χ3v) is 4.12. The van der Waals surface area contributed by atoms with Gasteiger partial charge in [-0.1, -0.05) is 17.7 Å². The summed E-state index contributed by atoms with van der Waals surface area (Å²) in [6, 6.07) is 8.12. The van der Waals surface area contributed by atoms with Crippen LogP contribution in [0.4, 0.5) is 5.69 Å². The van der Waals surface area contributed by atoms with Gasteiger partial charge in [0.1, 0.15) is 0 Å². The fraction of sp³-hybridized carbons (Fsp3) is 0.412. The summed E-state index contributed by atoms with van der Waals surface area (Å²) in [5.74, 6) is -0.158. The molecule has 1 atom stereocenters. The van der Waals surface area contributed by atoms with E-state index in [0.29, 0.717) is 11.7 Å². The van der Waals surface area contributed by atoms with E-state index in [1.54, 1.807) is 6.07 Å². The highest BCUT2D eigenvalue weighted by molar-refractivity contribution is 6.03. The Balaban J connectivity index is 0.00000192. The molecule has 1 aliphatic rings. The van der Waals surface area contributed by atoms with E-state index in [-0.39, 0.29) is 18.3 Å². The highest BCUT2D eigenvalue weighted by atomic mass is 35.5. The minimum atomic E-state index is -0.158. The number of piperidine rings is 1.